The molecule has 6 nitrogen and oxygen atoms in total. The summed E-state index contributed by atoms with van der Waals surface area (Å²) in [7, 11) is 3.91. The topological polar surface area (TPSA) is 61.9 Å². The summed E-state index contributed by atoms with van der Waals surface area (Å²) in [6.07, 6.45) is 1.60. The Morgan fingerprint density at radius 3 is 2.56 bits per heavy atom. The molecule has 1 fully saturated rings. The van der Waals surface area contributed by atoms with Crippen molar-refractivity contribution in [2.24, 2.45) is 0 Å². The molecule has 1 aromatic carbocycles. The Hall–Kier alpha value is -1.79. The molecule has 1 aliphatic rings. The zero-order chi connectivity index (χ0) is 18.4. The van der Waals surface area contributed by atoms with Crippen molar-refractivity contribution in [1.82, 2.24) is 15.1 Å². The predicted octanol–water partition coefficient (Wildman–Crippen LogP) is 2.02. The van der Waals surface area contributed by atoms with Crippen LogP contribution in [0.5, 0.6) is 5.75 Å². The average molecular weight is 368 g/mol. The van der Waals surface area contributed by atoms with Crippen LogP contribution in [0.3, 0.4) is 0 Å². The Labute approximate surface area is 154 Å². The Bertz CT molecular complexity index is 614. The van der Waals surface area contributed by atoms with Gasteiger partial charge < -0.3 is 19.9 Å². The monoisotopic (exact) mass is 367 g/mol. The number of amides is 2. The van der Waals surface area contributed by atoms with Crippen molar-refractivity contribution in [3.05, 3.63) is 28.8 Å². The number of likely N-dealkylation sites (tertiary alicyclic amines) is 1. The summed E-state index contributed by atoms with van der Waals surface area (Å²) in [5.41, 5.74) is 0.516. The lowest BCUT2D eigenvalue weighted by Crippen LogP contribution is -2.40. The van der Waals surface area contributed by atoms with Gasteiger partial charge in [-0.2, -0.15) is 0 Å². The number of carbonyl (C=O) groups is 2. The third-order valence-corrected chi connectivity index (χ3v) is 4.51. The highest BCUT2D eigenvalue weighted by molar-refractivity contribution is 6.32. The smallest absolute Gasteiger partial charge is 0.251 e. The van der Waals surface area contributed by atoms with Crippen molar-refractivity contribution in [2.75, 3.05) is 40.3 Å². The van der Waals surface area contributed by atoms with Gasteiger partial charge in [-0.25, -0.2) is 0 Å². The van der Waals surface area contributed by atoms with E-state index in [0.29, 0.717) is 36.0 Å². The molecule has 0 aliphatic carbocycles. The average Bonchev–Trinajstić information content (AvgIpc) is 2.56. The molecule has 0 aromatic heterocycles. The minimum Gasteiger partial charge on any atom is -0.489 e. The van der Waals surface area contributed by atoms with Gasteiger partial charge in [-0.1, -0.05) is 11.6 Å². The zero-order valence-electron chi connectivity index (χ0n) is 15.0. The normalized spacial score (nSPS) is 15.3. The molecule has 1 heterocycles. The van der Waals surface area contributed by atoms with Gasteiger partial charge in [0.05, 0.1) is 5.02 Å². The maximum Gasteiger partial charge on any atom is 0.251 e. The Kier molecular flexibility index (Phi) is 7.08. The van der Waals surface area contributed by atoms with Gasteiger partial charge in [0, 0.05) is 51.5 Å². The minimum absolute atomic E-state index is 0.0351. The molecule has 7 heteroatoms. The van der Waals surface area contributed by atoms with Crippen LogP contribution in [-0.2, 0) is 4.79 Å². The SMILES string of the molecule is CC(=O)N1CCC(Oc2ccc(C(=O)NCCN(C)C)cc2Cl)CC1. The molecule has 1 aliphatic heterocycles. The van der Waals surface area contributed by atoms with Crippen LogP contribution in [0.25, 0.3) is 0 Å². The third-order valence-electron chi connectivity index (χ3n) is 4.22. The first-order chi connectivity index (χ1) is 11.9. The number of ether oxygens (including phenoxy) is 1. The van der Waals surface area contributed by atoms with Gasteiger partial charge in [-0.15, -0.1) is 0 Å². The molecule has 2 rings (SSSR count). The number of rotatable bonds is 6. The maximum atomic E-state index is 12.1. The highest BCUT2D eigenvalue weighted by Crippen LogP contribution is 2.28. The molecule has 0 radical (unpaired) electrons. The number of piperidine rings is 1. The first-order valence-electron chi connectivity index (χ1n) is 8.51. The molecule has 1 N–H and O–H groups in total. The minimum atomic E-state index is -0.148. The summed E-state index contributed by atoms with van der Waals surface area (Å²) in [6, 6.07) is 5.09. The fraction of sp³-hybridized carbons (Fsp3) is 0.556. The van der Waals surface area contributed by atoms with Crippen LogP contribution < -0.4 is 10.1 Å². The van der Waals surface area contributed by atoms with Crippen molar-refractivity contribution in [3.63, 3.8) is 0 Å². The molecule has 0 saturated carbocycles. The number of hydrogen-bond acceptors (Lipinski definition) is 4. The molecular weight excluding hydrogens is 342 g/mol. The van der Waals surface area contributed by atoms with E-state index in [0.717, 1.165) is 19.4 Å². The van der Waals surface area contributed by atoms with Crippen molar-refractivity contribution >= 4 is 23.4 Å². The second kappa shape index (κ2) is 9.06. The molecule has 1 saturated heterocycles. The summed E-state index contributed by atoms with van der Waals surface area (Å²) < 4.78 is 5.95. The van der Waals surface area contributed by atoms with Gasteiger partial charge >= 0.3 is 0 Å². The van der Waals surface area contributed by atoms with Gasteiger partial charge in [0.2, 0.25) is 5.91 Å². The van der Waals surface area contributed by atoms with Crippen LogP contribution >= 0.6 is 11.6 Å². The van der Waals surface area contributed by atoms with E-state index in [1.165, 1.54) is 0 Å². The molecule has 2 amide bonds. The number of likely N-dealkylation sites (N-methyl/N-ethyl adjacent to an activating group) is 1. The number of nitrogens with zero attached hydrogens (tertiary/aromatic N) is 2. The number of carbonyl (C=O) groups excluding carboxylic acids is 2. The first-order valence-corrected chi connectivity index (χ1v) is 8.89. The second-order valence-electron chi connectivity index (χ2n) is 6.53. The van der Waals surface area contributed by atoms with Crippen LogP contribution in [0.2, 0.25) is 5.02 Å². The molecule has 0 unspecified atom stereocenters. The fourth-order valence-electron chi connectivity index (χ4n) is 2.70. The second-order valence-corrected chi connectivity index (χ2v) is 6.93. The summed E-state index contributed by atoms with van der Waals surface area (Å²) in [4.78, 5) is 27.3. The van der Waals surface area contributed by atoms with E-state index >= 15 is 0 Å². The zero-order valence-corrected chi connectivity index (χ0v) is 15.8. The van der Waals surface area contributed by atoms with Crippen molar-refractivity contribution in [2.45, 2.75) is 25.9 Å². The Balaban J connectivity index is 1.89. The summed E-state index contributed by atoms with van der Waals surface area (Å²) in [6.45, 7) is 4.34. The van der Waals surface area contributed by atoms with Gasteiger partial charge in [-0.05, 0) is 32.3 Å². The molecule has 1 aromatic rings. The maximum absolute atomic E-state index is 12.1. The molecule has 0 spiro atoms. The highest BCUT2D eigenvalue weighted by Gasteiger charge is 2.22. The van der Waals surface area contributed by atoms with E-state index in [9.17, 15) is 9.59 Å². The fourth-order valence-corrected chi connectivity index (χ4v) is 2.93. The van der Waals surface area contributed by atoms with E-state index in [4.69, 9.17) is 16.3 Å². The van der Waals surface area contributed by atoms with E-state index in [-0.39, 0.29) is 17.9 Å². The third kappa shape index (κ3) is 5.90. The van der Waals surface area contributed by atoms with Crippen molar-refractivity contribution in [3.8, 4) is 5.75 Å². The van der Waals surface area contributed by atoms with Crippen molar-refractivity contribution in [1.29, 1.82) is 0 Å². The van der Waals surface area contributed by atoms with Gasteiger partial charge in [0.25, 0.3) is 5.91 Å². The first kappa shape index (κ1) is 19.5. The number of nitrogens with one attached hydrogen (secondary N) is 1. The van der Waals surface area contributed by atoms with E-state index in [1.807, 2.05) is 23.9 Å². The lowest BCUT2D eigenvalue weighted by atomic mass is 10.1. The summed E-state index contributed by atoms with van der Waals surface area (Å²) >= 11 is 6.28. The standard InChI is InChI=1S/C18H26ClN3O3/c1-13(23)22-9-6-15(7-10-22)25-17-5-4-14(12-16(17)19)18(24)20-8-11-21(2)3/h4-5,12,15H,6-11H2,1-3H3,(H,20,24). The molecule has 0 atom stereocenters. The van der Waals surface area contributed by atoms with Crippen LogP contribution in [0.15, 0.2) is 18.2 Å². The predicted molar refractivity (Wildman–Crippen MR) is 98.2 cm³/mol. The molecule has 25 heavy (non-hydrogen) atoms. The molecular formula is C18H26ClN3O3. The quantitative estimate of drug-likeness (QED) is 0.835. The lowest BCUT2D eigenvalue weighted by molar-refractivity contribution is -0.130. The Morgan fingerprint density at radius 1 is 1.32 bits per heavy atom. The summed E-state index contributed by atoms with van der Waals surface area (Å²) in [5, 5.41) is 3.28. The van der Waals surface area contributed by atoms with Crippen LogP contribution in [0, 0.1) is 0 Å². The number of hydrogen-bond donors (Lipinski definition) is 1. The van der Waals surface area contributed by atoms with Gasteiger partial charge in [-0.3, -0.25) is 9.59 Å². The molecule has 138 valence electrons. The van der Waals surface area contributed by atoms with Gasteiger partial charge in [0.15, 0.2) is 0 Å². The number of halogens is 1. The van der Waals surface area contributed by atoms with E-state index < -0.39 is 0 Å². The lowest BCUT2D eigenvalue weighted by Gasteiger charge is -2.31. The van der Waals surface area contributed by atoms with Crippen LogP contribution in [0.1, 0.15) is 30.1 Å². The van der Waals surface area contributed by atoms with E-state index in [2.05, 4.69) is 5.32 Å². The van der Waals surface area contributed by atoms with Gasteiger partial charge in [0.1, 0.15) is 11.9 Å². The van der Waals surface area contributed by atoms with Crippen LogP contribution in [-0.4, -0.2) is 68.0 Å². The largest absolute Gasteiger partial charge is 0.489 e. The van der Waals surface area contributed by atoms with E-state index in [1.54, 1.807) is 25.1 Å². The highest BCUT2D eigenvalue weighted by atomic mass is 35.5. The summed E-state index contributed by atoms with van der Waals surface area (Å²) in [5.74, 6) is 0.527. The Morgan fingerprint density at radius 2 is 2.00 bits per heavy atom. The van der Waals surface area contributed by atoms with Crippen molar-refractivity contribution < 1.29 is 14.3 Å². The van der Waals surface area contributed by atoms with Crippen LogP contribution in [0.4, 0.5) is 0 Å². The molecule has 0 bridgehead atoms. The number of benzene rings is 1.